The predicted octanol–water partition coefficient (Wildman–Crippen LogP) is 4.32. The van der Waals surface area contributed by atoms with Crippen LogP contribution in [0, 0.1) is 0 Å². The van der Waals surface area contributed by atoms with Crippen LogP contribution in [0.25, 0.3) is 0 Å². The lowest BCUT2D eigenvalue weighted by Gasteiger charge is -2.23. The van der Waals surface area contributed by atoms with E-state index in [2.05, 4.69) is 38.0 Å². The van der Waals surface area contributed by atoms with E-state index >= 15 is 0 Å². The zero-order chi connectivity index (χ0) is 20.0. The largest absolute Gasteiger partial charge is 0.328 e. The van der Waals surface area contributed by atoms with Gasteiger partial charge in [-0.25, -0.2) is 0 Å². The summed E-state index contributed by atoms with van der Waals surface area (Å²) in [7, 11) is 0. The Kier molecular flexibility index (Phi) is 7.11. The summed E-state index contributed by atoms with van der Waals surface area (Å²) in [5.74, 6) is 0.223. The molecule has 0 bridgehead atoms. The molecule has 27 heavy (non-hydrogen) atoms. The lowest BCUT2D eigenvalue weighted by atomic mass is 9.92. The molecule has 0 radical (unpaired) electrons. The fourth-order valence-electron chi connectivity index (χ4n) is 3.01. The van der Waals surface area contributed by atoms with Gasteiger partial charge in [0.1, 0.15) is 6.54 Å². The first kappa shape index (κ1) is 20.6. The van der Waals surface area contributed by atoms with Crippen molar-refractivity contribution >= 4 is 17.5 Å². The minimum absolute atomic E-state index is 0.00409. The molecule has 1 aromatic carbocycles. The quantitative estimate of drug-likeness (QED) is 0.793. The Balaban J connectivity index is 2.19. The summed E-state index contributed by atoms with van der Waals surface area (Å²) in [6.07, 6.45) is 1.68. The van der Waals surface area contributed by atoms with Crippen LogP contribution in [0.4, 0.5) is 5.69 Å². The van der Waals surface area contributed by atoms with Crippen LogP contribution in [0.15, 0.2) is 42.6 Å². The van der Waals surface area contributed by atoms with E-state index in [1.165, 1.54) is 11.8 Å². The summed E-state index contributed by atoms with van der Waals surface area (Å²) in [6.45, 7) is 10.2. The van der Waals surface area contributed by atoms with E-state index in [0.29, 0.717) is 6.54 Å². The van der Waals surface area contributed by atoms with Crippen LogP contribution in [0.2, 0.25) is 0 Å². The van der Waals surface area contributed by atoms with Crippen molar-refractivity contribution in [2.24, 2.45) is 0 Å². The number of anilines is 1. The average molecular weight is 367 g/mol. The normalized spacial score (nSPS) is 10.9. The van der Waals surface area contributed by atoms with Crippen molar-refractivity contribution < 1.29 is 9.59 Å². The predicted molar refractivity (Wildman–Crippen MR) is 109 cm³/mol. The second-order valence-electron chi connectivity index (χ2n) is 7.37. The molecular formula is C22H29N3O2. The fourth-order valence-corrected chi connectivity index (χ4v) is 3.01. The van der Waals surface area contributed by atoms with Gasteiger partial charge in [-0.3, -0.25) is 14.6 Å². The van der Waals surface area contributed by atoms with Gasteiger partial charge in [0.2, 0.25) is 11.8 Å². The Morgan fingerprint density at radius 2 is 1.63 bits per heavy atom. The molecule has 0 aliphatic rings. The number of amides is 2. The van der Waals surface area contributed by atoms with E-state index in [1.807, 2.05) is 36.4 Å². The van der Waals surface area contributed by atoms with Crippen LogP contribution in [0.3, 0.4) is 0 Å². The van der Waals surface area contributed by atoms with Crippen LogP contribution >= 0.6 is 0 Å². The maximum absolute atomic E-state index is 12.7. The number of hydrogen-bond donors (Lipinski definition) is 1. The summed E-state index contributed by atoms with van der Waals surface area (Å²) < 4.78 is 0. The van der Waals surface area contributed by atoms with Gasteiger partial charge in [0.05, 0.1) is 12.2 Å². The first-order chi connectivity index (χ1) is 12.8. The molecule has 0 fully saturated rings. The second-order valence-corrected chi connectivity index (χ2v) is 7.37. The number of hydrogen-bond acceptors (Lipinski definition) is 3. The molecule has 0 spiro atoms. The summed E-state index contributed by atoms with van der Waals surface area (Å²) in [4.78, 5) is 30.5. The maximum Gasteiger partial charge on any atom is 0.244 e. The van der Waals surface area contributed by atoms with Gasteiger partial charge in [-0.2, -0.15) is 0 Å². The van der Waals surface area contributed by atoms with Crippen molar-refractivity contribution in [3.8, 4) is 0 Å². The van der Waals surface area contributed by atoms with Gasteiger partial charge in [-0.1, -0.05) is 52.0 Å². The molecule has 0 atom stereocenters. The molecule has 1 heterocycles. The maximum atomic E-state index is 12.7. The second kappa shape index (κ2) is 9.31. The van der Waals surface area contributed by atoms with E-state index in [1.54, 1.807) is 6.20 Å². The molecule has 5 heteroatoms. The van der Waals surface area contributed by atoms with Crippen molar-refractivity contribution in [1.82, 2.24) is 9.88 Å². The third-order valence-electron chi connectivity index (χ3n) is 4.50. The molecule has 1 aromatic heterocycles. The Morgan fingerprint density at radius 3 is 2.11 bits per heavy atom. The summed E-state index contributed by atoms with van der Waals surface area (Å²) in [5, 5.41) is 3.06. The van der Waals surface area contributed by atoms with Crippen LogP contribution in [-0.2, 0) is 16.1 Å². The van der Waals surface area contributed by atoms with Gasteiger partial charge < -0.3 is 10.2 Å². The molecule has 2 aromatic rings. The third kappa shape index (κ3) is 5.64. The number of carbonyl (C=O) groups is 2. The van der Waals surface area contributed by atoms with Crippen LogP contribution in [0.5, 0.6) is 0 Å². The standard InChI is InChI=1S/C22H29N3O2/c1-15(2)19-10-8-11-20(16(3)4)22(19)24-21(27)14-25(17(5)26)13-18-9-6-7-12-23-18/h6-12,15-16H,13-14H2,1-5H3,(H,24,27). The number of nitrogens with one attached hydrogen (secondary N) is 1. The third-order valence-corrected chi connectivity index (χ3v) is 4.50. The van der Waals surface area contributed by atoms with Gasteiger partial charge in [-0.05, 0) is 35.1 Å². The minimum Gasteiger partial charge on any atom is -0.328 e. The van der Waals surface area contributed by atoms with Crippen molar-refractivity contribution in [2.45, 2.75) is 53.0 Å². The Hall–Kier alpha value is -2.69. The number of benzene rings is 1. The van der Waals surface area contributed by atoms with E-state index in [9.17, 15) is 9.59 Å². The highest BCUT2D eigenvalue weighted by Gasteiger charge is 2.19. The highest BCUT2D eigenvalue weighted by molar-refractivity contribution is 5.95. The van der Waals surface area contributed by atoms with Crippen LogP contribution in [0.1, 0.15) is 63.3 Å². The Labute approximate surface area is 161 Å². The molecule has 2 amide bonds. The highest BCUT2D eigenvalue weighted by atomic mass is 16.2. The Morgan fingerprint density at radius 1 is 1.00 bits per heavy atom. The number of rotatable bonds is 7. The van der Waals surface area contributed by atoms with Crippen molar-refractivity contribution in [2.75, 3.05) is 11.9 Å². The molecule has 2 rings (SSSR count). The van der Waals surface area contributed by atoms with Crippen molar-refractivity contribution in [1.29, 1.82) is 0 Å². The SMILES string of the molecule is CC(=O)N(CC(=O)Nc1c(C(C)C)cccc1C(C)C)Cc1ccccn1. The van der Waals surface area contributed by atoms with Gasteiger partial charge in [0.25, 0.3) is 0 Å². The Bertz CT molecular complexity index is 759. The number of para-hydroxylation sites is 1. The molecule has 0 aliphatic carbocycles. The van der Waals surface area contributed by atoms with Gasteiger partial charge in [-0.15, -0.1) is 0 Å². The average Bonchev–Trinajstić information content (AvgIpc) is 2.61. The smallest absolute Gasteiger partial charge is 0.244 e. The topological polar surface area (TPSA) is 62.3 Å². The lowest BCUT2D eigenvalue weighted by Crippen LogP contribution is -2.36. The van der Waals surface area contributed by atoms with Crippen LogP contribution < -0.4 is 5.32 Å². The summed E-state index contributed by atoms with van der Waals surface area (Å²) >= 11 is 0. The zero-order valence-corrected chi connectivity index (χ0v) is 16.8. The van der Waals surface area contributed by atoms with Gasteiger partial charge in [0.15, 0.2) is 0 Å². The molecule has 0 saturated carbocycles. The number of nitrogens with zero attached hydrogens (tertiary/aromatic N) is 2. The van der Waals surface area contributed by atoms with Crippen LogP contribution in [-0.4, -0.2) is 28.2 Å². The van der Waals surface area contributed by atoms with E-state index in [-0.39, 0.29) is 30.2 Å². The van der Waals surface area contributed by atoms with E-state index in [4.69, 9.17) is 0 Å². The van der Waals surface area contributed by atoms with E-state index in [0.717, 1.165) is 22.5 Å². The molecule has 1 N–H and O–H groups in total. The monoisotopic (exact) mass is 367 g/mol. The molecule has 144 valence electrons. The zero-order valence-electron chi connectivity index (χ0n) is 16.8. The molecule has 5 nitrogen and oxygen atoms in total. The summed E-state index contributed by atoms with van der Waals surface area (Å²) in [6, 6.07) is 11.7. The number of aromatic nitrogens is 1. The van der Waals surface area contributed by atoms with Gasteiger partial charge in [0, 0.05) is 18.8 Å². The summed E-state index contributed by atoms with van der Waals surface area (Å²) in [5.41, 5.74) is 3.84. The molecule has 0 saturated heterocycles. The van der Waals surface area contributed by atoms with Gasteiger partial charge >= 0.3 is 0 Å². The number of carbonyl (C=O) groups excluding carboxylic acids is 2. The minimum atomic E-state index is -0.198. The van der Waals surface area contributed by atoms with Crippen molar-refractivity contribution in [3.05, 3.63) is 59.4 Å². The molecule has 0 aliphatic heterocycles. The molecule has 0 unspecified atom stereocenters. The first-order valence-corrected chi connectivity index (χ1v) is 9.37. The molecular weight excluding hydrogens is 338 g/mol. The number of pyridine rings is 1. The highest BCUT2D eigenvalue weighted by Crippen LogP contribution is 2.32. The van der Waals surface area contributed by atoms with E-state index < -0.39 is 0 Å². The first-order valence-electron chi connectivity index (χ1n) is 9.37. The van der Waals surface area contributed by atoms with Crippen molar-refractivity contribution in [3.63, 3.8) is 0 Å². The fraction of sp³-hybridized carbons (Fsp3) is 0.409. The lowest BCUT2D eigenvalue weighted by molar-refractivity contribution is -0.133.